The van der Waals surface area contributed by atoms with Gasteiger partial charge in [-0.1, -0.05) is 44.3 Å². The molecule has 0 atom stereocenters. The zero-order chi connectivity index (χ0) is 21.1. The Morgan fingerprint density at radius 1 is 0.967 bits per heavy atom. The number of nitrogen functional groups attached to an aromatic ring is 1. The molecular formula is C23H25N6P. The second-order valence-electron chi connectivity index (χ2n) is 7.47. The number of aromatic nitrogens is 3. The van der Waals surface area contributed by atoms with E-state index in [2.05, 4.69) is 58.6 Å². The zero-order valence-corrected chi connectivity index (χ0v) is 18.1. The second-order valence-corrected chi connectivity index (χ2v) is 9.77. The molecule has 4 rings (SSSR count). The van der Waals surface area contributed by atoms with E-state index < -0.39 is 0 Å². The number of hydrogen-bond donors (Lipinski definition) is 2. The molecule has 0 saturated heterocycles. The zero-order valence-electron chi connectivity index (χ0n) is 17.2. The van der Waals surface area contributed by atoms with Crippen LogP contribution < -0.4 is 21.9 Å². The molecule has 7 heteroatoms. The first-order valence-corrected chi connectivity index (χ1v) is 12.0. The number of hydrogen-bond acceptors (Lipinski definition) is 6. The lowest BCUT2D eigenvalue weighted by Gasteiger charge is -2.19. The maximum absolute atomic E-state index is 6.32. The standard InChI is InChI=1S/C23H25N6P/c1-30(2)20-8-5-16(6-9-20)13-19-14-27-22(24)23(28-19)29(25)15-17-7-10-21-18(12-17)4-3-11-26-21/h3-12,14H,13,15,25H2,1-2H3,(H2,24,27). The summed E-state index contributed by atoms with van der Waals surface area (Å²) in [6, 6.07) is 18.7. The fraction of sp³-hybridized carbons (Fsp3) is 0.174. The molecular weight excluding hydrogens is 391 g/mol. The average Bonchev–Trinajstić information content (AvgIpc) is 2.75. The van der Waals surface area contributed by atoms with Crippen molar-refractivity contribution in [2.75, 3.05) is 24.1 Å². The topological polar surface area (TPSA) is 94.0 Å². The molecule has 0 radical (unpaired) electrons. The smallest absolute Gasteiger partial charge is 0.186 e. The van der Waals surface area contributed by atoms with E-state index in [0.29, 0.717) is 24.6 Å². The summed E-state index contributed by atoms with van der Waals surface area (Å²) in [6.45, 7) is 4.98. The molecule has 0 aliphatic carbocycles. The number of hydrazine groups is 1. The Hall–Kier alpha value is -3.08. The lowest BCUT2D eigenvalue weighted by Crippen LogP contribution is -2.32. The summed E-state index contributed by atoms with van der Waals surface area (Å²) in [5.74, 6) is 7.13. The van der Waals surface area contributed by atoms with Gasteiger partial charge in [-0.3, -0.25) is 9.99 Å². The van der Waals surface area contributed by atoms with Gasteiger partial charge in [-0.05, 0) is 48.0 Å². The van der Waals surface area contributed by atoms with Crippen LogP contribution in [0.3, 0.4) is 0 Å². The number of fused-ring (bicyclic) bond motifs is 1. The summed E-state index contributed by atoms with van der Waals surface area (Å²) < 4.78 is 0. The molecule has 4 N–H and O–H groups in total. The summed E-state index contributed by atoms with van der Waals surface area (Å²) in [6.07, 6.45) is 4.19. The van der Waals surface area contributed by atoms with Crippen LogP contribution in [0.4, 0.5) is 11.6 Å². The van der Waals surface area contributed by atoms with Crippen LogP contribution in [-0.4, -0.2) is 28.3 Å². The molecule has 0 unspecified atom stereocenters. The van der Waals surface area contributed by atoms with Gasteiger partial charge in [0.25, 0.3) is 0 Å². The summed E-state index contributed by atoms with van der Waals surface area (Å²) in [5, 5.41) is 4.01. The van der Waals surface area contributed by atoms with Crippen molar-refractivity contribution in [3.05, 3.63) is 83.8 Å². The molecule has 30 heavy (non-hydrogen) atoms. The van der Waals surface area contributed by atoms with Gasteiger partial charge in [0.15, 0.2) is 11.6 Å². The monoisotopic (exact) mass is 416 g/mol. The van der Waals surface area contributed by atoms with Gasteiger partial charge >= 0.3 is 0 Å². The molecule has 0 aliphatic rings. The second kappa shape index (κ2) is 8.74. The maximum atomic E-state index is 6.32. The normalized spacial score (nSPS) is 11.2. The van der Waals surface area contributed by atoms with Crippen LogP contribution in [0.1, 0.15) is 16.8 Å². The molecule has 0 bridgehead atoms. The Kier molecular flexibility index (Phi) is 5.88. The quantitative estimate of drug-likeness (QED) is 0.284. The minimum atomic E-state index is -0.0928. The summed E-state index contributed by atoms with van der Waals surface area (Å²) in [7, 11) is -0.0928. The van der Waals surface area contributed by atoms with Gasteiger partial charge in [-0.2, -0.15) is 0 Å². The van der Waals surface area contributed by atoms with Crippen molar-refractivity contribution in [1.29, 1.82) is 0 Å². The third kappa shape index (κ3) is 4.56. The van der Waals surface area contributed by atoms with E-state index in [1.807, 2.05) is 24.3 Å². The lowest BCUT2D eigenvalue weighted by atomic mass is 10.1. The Morgan fingerprint density at radius 2 is 1.73 bits per heavy atom. The minimum Gasteiger partial charge on any atom is -0.381 e. The van der Waals surface area contributed by atoms with Crippen molar-refractivity contribution >= 4 is 35.8 Å². The Balaban J connectivity index is 1.52. The molecule has 4 aromatic rings. The van der Waals surface area contributed by atoms with Crippen molar-refractivity contribution in [2.24, 2.45) is 5.84 Å². The van der Waals surface area contributed by atoms with Crippen LogP contribution >= 0.6 is 7.92 Å². The predicted molar refractivity (Wildman–Crippen MR) is 126 cm³/mol. The lowest BCUT2D eigenvalue weighted by molar-refractivity contribution is 0.822. The number of pyridine rings is 1. The highest BCUT2D eigenvalue weighted by Crippen LogP contribution is 2.24. The number of rotatable bonds is 6. The summed E-state index contributed by atoms with van der Waals surface area (Å²) in [5.41, 5.74) is 10.1. The van der Waals surface area contributed by atoms with Crippen molar-refractivity contribution in [1.82, 2.24) is 15.0 Å². The van der Waals surface area contributed by atoms with E-state index >= 15 is 0 Å². The SMILES string of the molecule is CP(C)c1ccc(Cc2cnc(N)c(N(N)Cc3ccc4ncccc4c3)n2)cc1. The van der Waals surface area contributed by atoms with Crippen LogP contribution in [0.15, 0.2) is 67.0 Å². The third-order valence-corrected chi connectivity index (χ3v) is 6.29. The number of anilines is 2. The van der Waals surface area contributed by atoms with Crippen LogP contribution in [0.5, 0.6) is 0 Å². The number of benzene rings is 2. The molecule has 6 nitrogen and oxygen atoms in total. The Morgan fingerprint density at radius 3 is 2.50 bits per heavy atom. The summed E-state index contributed by atoms with van der Waals surface area (Å²) in [4.78, 5) is 13.4. The molecule has 152 valence electrons. The highest BCUT2D eigenvalue weighted by molar-refractivity contribution is 7.64. The van der Waals surface area contributed by atoms with E-state index in [1.165, 1.54) is 10.9 Å². The molecule has 0 amide bonds. The van der Waals surface area contributed by atoms with Gasteiger partial charge in [0.2, 0.25) is 0 Å². The van der Waals surface area contributed by atoms with E-state index in [1.54, 1.807) is 17.4 Å². The molecule has 2 aromatic heterocycles. The molecule has 0 saturated carbocycles. The van der Waals surface area contributed by atoms with Crippen LogP contribution in [0.25, 0.3) is 10.9 Å². The van der Waals surface area contributed by atoms with E-state index in [4.69, 9.17) is 11.6 Å². The van der Waals surface area contributed by atoms with Gasteiger partial charge in [0.1, 0.15) is 0 Å². The summed E-state index contributed by atoms with van der Waals surface area (Å²) >= 11 is 0. The van der Waals surface area contributed by atoms with Crippen molar-refractivity contribution in [2.45, 2.75) is 13.0 Å². The van der Waals surface area contributed by atoms with Crippen molar-refractivity contribution in [3.63, 3.8) is 0 Å². The van der Waals surface area contributed by atoms with Gasteiger partial charge in [0.05, 0.1) is 24.0 Å². The first kappa shape index (κ1) is 20.2. The van der Waals surface area contributed by atoms with Crippen molar-refractivity contribution in [3.8, 4) is 0 Å². The first-order chi connectivity index (χ1) is 14.5. The molecule has 0 aliphatic heterocycles. The fourth-order valence-electron chi connectivity index (χ4n) is 3.34. The molecule has 0 fully saturated rings. The van der Waals surface area contributed by atoms with Crippen LogP contribution in [0, 0.1) is 0 Å². The van der Waals surface area contributed by atoms with Gasteiger partial charge < -0.3 is 5.73 Å². The number of nitrogens with zero attached hydrogens (tertiary/aromatic N) is 4. The van der Waals surface area contributed by atoms with Crippen LogP contribution in [-0.2, 0) is 13.0 Å². The Bertz CT molecular complexity index is 1160. The van der Waals surface area contributed by atoms with E-state index in [0.717, 1.165) is 22.2 Å². The molecule has 0 spiro atoms. The van der Waals surface area contributed by atoms with Crippen LogP contribution in [0.2, 0.25) is 0 Å². The largest absolute Gasteiger partial charge is 0.381 e. The van der Waals surface area contributed by atoms with Crippen molar-refractivity contribution < 1.29 is 0 Å². The maximum Gasteiger partial charge on any atom is 0.186 e. The molecule has 2 heterocycles. The highest BCUT2D eigenvalue weighted by Gasteiger charge is 2.12. The minimum absolute atomic E-state index is 0.0928. The predicted octanol–water partition coefficient (Wildman–Crippen LogP) is 3.44. The van der Waals surface area contributed by atoms with Gasteiger partial charge in [-0.25, -0.2) is 15.8 Å². The first-order valence-electron chi connectivity index (χ1n) is 9.73. The highest BCUT2D eigenvalue weighted by atomic mass is 31.1. The van der Waals surface area contributed by atoms with E-state index in [9.17, 15) is 0 Å². The van der Waals surface area contributed by atoms with E-state index in [-0.39, 0.29) is 7.92 Å². The van der Waals surface area contributed by atoms with Gasteiger partial charge in [-0.15, -0.1) is 0 Å². The van der Waals surface area contributed by atoms with Gasteiger partial charge in [0, 0.05) is 18.0 Å². The third-order valence-electron chi connectivity index (χ3n) is 4.96. The molecule has 2 aromatic carbocycles. The number of nitrogens with two attached hydrogens (primary N) is 2. The Labute approximate surface area is 177 Å². The fourth-order valence-corrected chi connectivity index (χ4v) is 4.08. The average molecular weight is 416 g/mol.